The van der Waals surface area contributed by atoms with Gasteiger partial charge in [-0.15, -0.1) is 0 Å². The van der Waals surface area contributed by atoms with Crippen LogP contribution in [0.3, 0.4) is 0 Å². The summed E-state index contributed by atoms with van der Waals surface area (Å²) in [6.07, 6.45) is 0.917. The van der Waals surface area contributed by atoms with E-state index in [0.29, 0.717) is 31.0 Å². The van der Waals surface area contributed by atoms with Gasteiger partial charge in [0.15, 0.2) is 5.82 Å². The van der Waals surface area contributed by atoms with E-state index in [2.05, 4.69) is 15.8 Å². The van der Waals surface area contributed by atoms with Gasteiger partial charge in [0.05, 0.1) is 0 Å². The second-order valence-electron chi connectivity index (χ2n) is 3.99. The monoisotopic (exact) mass is 254 g/mol. The molecule has 1 atom stereocenters. The third-order valence-corrected chi connectivity index (χ3v) is 2.26. The van der Waals surface area contributed by atoms with E-state index in [0.717, 1.165) is 0 Å². The van der Waals surface area contributed by atoms with Crippen molar-refractivity contribution in [2.45, 2.75) is 32.7 Å². The Morgan fingerprint density at radius 1 is 1.56 bits per heavy atom. The zero-order valence-corrected chi connectivity index (χ0v) is 10.5. The average Bonchev–Trinajstić information content (AvgIpc) is 2.72. The lowest BCUT2D eigenvalue weighted by molar-refractivity contribution is -0.126. The number of nitrogens with two attached hydrogens (primary N) is 1. The molecule has 0 spiro atoms. The van der Waals surface area contributed by atoms with Gasteiger partial charge in [-0.05, 0) is 26.8 Å². The average molecular weight is 254 g/mol. The topological polar surface area (TPSA) is 110 Å². The van der Waals surface area contributed by atoms with Crippen LogP contribution in [0, 0.1) is 6.92 Å². The summed E-state index contributed by atoms with van der Waals surface area (Å²) in [4.78, 5) is 23.1. The maximum atomic E-state index is 11.7. The number of hydrogen-bond acceptors (Lipinski definition) is 5. The van der Waals surface area contributed by atoms with Crippen molar-refractivity contribution in [1.29, 1.82) is 0 Å². The minimum Gasteiger partial charge on any atom is -0.360 e. The Labute approximate surface area is 105 Å². The zero-order chi connectivity index (χ0) is 13.5. The van der Waals surface area contributed by atoms with Gasteiger partial charge in [-0.3, -0.25) is 9.59 Å². The second kappa shape index (κ2) is 6.75. The first-order valence-electron chi connectivity index (χ1n) is 5.76. The van der Waals surface area contributed by atoms with Crippen LogP contribution in [0.2, 0.25) is 0 Å². The molecule has 0 unspecified atom stereocenters. The molecule has 18 heavy (non-hydrogen) atoms. The lowest BCUT2D eigenvalue weighted by atomic mass is 10.2. The number of carbonyl (C=O) groups is 2. The predicted octanol–water partition coefficient (Wildman–Crippen LogP) is 0.165. The third-order valence-electron chi connectivity index (χ3n) is 2.26. The smallest absolute Gasteiger partial charge is 0.247 e. The molecule has 0 aliphatic rings. The lowest BCUT2D eigenvalue weighted by Crippen LogP contribution is -2.41. The molecule has 0 radical (unpaired) electrons. The van der Waals surface area contributed by atoms with Crippen molar-refractivity contribution < 1.29 is 14.1 Å². The van der Waals surface area contributed by atoms with Crippen molar-refractivity contribution in [3.05, 3.63) is 11.8 Å². The molecule has 0 fully saturated rings. The molecular weight excluding hydrogens is 236 g/mol. The highest BCUT2D eigenvalue weighted by atomic mass is 16.5. The van der Waals surface area contributed by atoms with Crippen LogP contribution in [-0.2, 0) is 9.59 Å². The molecule has 7 heteroatoms. The van der Waals surface area contributed by atoms with Crippen LogP contribution in [0.5, 0.6) is 0 Å². The third kappa shape index (κ3) is 4.54. The minimum absolute atomic E-state index is 0.195. The van der Waals surface area contributed by atoms with Crippen LogP contribution in [0.15, 0.2) is 10.6 Å². The molecule has 0 bridgehead atoms. The number of amides is 2. The number of nitrogens with zero attached hydrogens (tertiary/aromatic N) is 1. The van der Waals surface area contributed by atoms with E-state index in [1.807, 2.05) is 0 Å². The Kier molecular flexibility index (Phi) is 5.31. The fraction of sp³-hybridized carbons (Fsp3) is 0.545. The van der Waals surface area contributed by atoms with Crippen molar-refractivity contribution >= 4 is 17.6 Å². The Morgan fingerprint density at radius 3 is 2.83 bits per heavy atom. The first-order valence-corrected chi connectivity index (χ1v) is 5.76. The predicted molar refractivity (Wildman–Crippen MR) is 65.8 cm³/mol. The Hall–Kier alpha value is -1.89. The van der Waals surface area contributed by atoms with Gasteiger partial charge in [0.1, 0.15) is 11.8 Å². The van der Waals surface area contributed by atoms with Gasteiger partial charge >= 0.3 is 0 Å². The SMILES string of the molecule is Cc1cc(NC(=O)[C@H](C)NC(=O)CCCN)no1. The molecule has 0 aromatic carbocycles. The molecule has 1 heterocycles. The van der Waals surface area contributed by atoms with E-state index in [9.17, 15) is 9.59 Å². The van der Waals surface area contributed by atoms with Gasteiger partial charge in [-0.1, -0.05) is 5.16 Å². The van der Waals surface area contributed by atoms with E-state index in [-0.39, 0.29) is 11.8 Å². The van der Waals surface area contributed by atoms with Gasteiger partial charge in [-0.2, -0.15) is 0 Å². The lowest BCUT2D eigenvalue weighted by Gasteiger charge is -2.12. The normalized spacial score (nSPS) is 11.9. The van der Waals surface area contributed by atoms with Crippen LogP contribution in [0.4, 0.5) is 5.82 Å². The highest BCUT2D eigenvalue weighted by Gasteiger charge is 2.16. The number of aromatic nitrogens is 1. The Bertz CT molecular complexity index is 416. The first-order chi connectivity index (χ1) is 8.52. The molecule has 7 nitrogen and oxygen atoms in total. The molecule has 1 rings (SSSR count). The van der Waals surface area contributed by atoms with Gasteiger partial charge in [0.2, 0.25) is 11.8 Å². The highest BCUT2D eigenvalue weighted by Crippen LogP contribution is 2.07. The standard InChI is InChI=1S/C11H18N4O3/c1-7-6-9(15-18-7)14-11(17)8(2)13-10(16)4-3-5-12/h6,8H,3-5,12H2,1-2H3,(H,13,16)(H,14,15,17)/t8-/m0/s1. The molecule has 2 amide bonds. The molecule has 1 aromatic rings. The van der Waals surface area contributed by atoms with E-state index in [1.165, 1.54) is 0 Å². The number of aryl methyl sites for hydroxylation is 1. The zero-order valence-electron chi connectivity index (χ0n) is 10.5. The van der Waals surface area contributed by atoms with Crippen LogP contribution in [-0.4, -0.2) is 29.6 Å². The number of rotatable bonds is 6. The van der Waals surface area contributed by atoms with Crippen LogP contribution < -0.4 is 16.4 Å². The van der Waals surface area contributed by atoms with Crippen molar-refractivity contribution in [3.8, 4) is 0 Å². The summed E-state index contributed by atoms with van der Waals surface area (Å²) in [6, 6.07) is 0.966. The van der Waals surface area contributed by atoms with Crippen molar-refractivity contribution in [1.82, 2.24) is 10.5 Å². The molecule has 0 aliphatic heterocycles. The second-order valence-corrected chi connectivity index (χ2v) is 3.99. The largest absolute Gasteiger partial charge is 0.360 e. The van der Waals surface area contributed by atoms with Crippen molar-refractivity contribution in [2.24, 2.45) is 5.73 Å². The maximum absolute atomic E-state index is 11.7. The fourth-order valence-electron chi connectivity index (χ4n) is 1.30. The molecule has 0 saturated heterocycles. The summed E-state index contributed by atoms with van der Waals surface area (Å²) < 4.78 is 4.81. The van der Waals surface area contributed by atoms with Gasteiger partial charge in [-0.25, -0.2) is 0 Å². The van der Waals surface area contributed by atoms with Gasteiger partial charge in [0.25, 0.3) is 0 Å². The van der Waals surface area contributed by atoms with Gasteiger partial charge < -0.3 is 20.9 Å². The number of hydrogen-bond donors (Lipinski definition) is 3. The molecule has 0 saturated carbocycles. The van der Waals surface area contributed by atoms with E-state index in [4.69, 9.17) is 10.3 Å². The van der Waals surface area contributed by atoms with Crippen molar-refractivity contribution in [2.75, 3.05) is 11.9 Å². The minimum atomic E-state index is -0.632. The maximum Gasteiger partial charge on any atom is 0.247 e. The van der Waals surface area contributed by atoms with E-state index in [1.54, 1.807) is 19.9 Å². The van der Waals surface area contributed by atoms with Crippen LogP contribution in [0.1, 0.15) is 25.5 Å². The molecular formula is C11H18N4O3. The fourth-order valence-corrected chi connectivity index (χ4v) is 1.30. The summed E-state index contributed by atoms with van der Waals surface area (Å²) in [5.74, 6) is 0.398. The number of nitrogens with one attached hydrogen (secondary N) is 2. The summed E-state index contributed by atoms with van der Waals surface area (Å²) >= 11 is 0. The summed E-state index contributed by atoms with van der Waals surface area (Å²) in [7, 11) is 0. The molecule has 0 aliphatic carbocycles. The summed E-state index contributed by atoms with van der Waals surface area (Å²) in [5, 5.41) is 8.75. The van der Waals surface area contributed by atoms with E-state index < -0.39 is 6.04 Å². The van der Waals surface area contributed by atoms with Crippen LogP contribution in [0.25, 0.3) is 0 Å². The highest BCUT2D eigenvalue weighted by molar-refractivity contribution is 5.96. The Balaban J connectivity index is 2.39. The number of carbonyl (C=O) groups excluding carboxylic acids is 2. The molecule has 100 valence electrons. The molecule has 1 aromatic heterocycles. The van der Waals surface area contributed by atoms with Gasteiger partial charge in [0, 0.05) is 12.5 Å². The van der Waals surface area contributed by atoms with E-state index >= 15 is 0 Å². The summed E-state index contributed by atoms with van der Waals surface area (Å²) in [6.45, 7) is 3.77. The summed E-state index contributed by atoms with van der Waals surface area (Å²) in [5.41, 5.74) is 5.29. The Morgan fingerprint density at radius 2 is 2.28 bits per heavy atom. The van der Waals surface area contributed by atoms with Crippen LogP contribution >= 0.6 is 0 Å². The first kappa shape index (κ1) is 14.2. The number of anilines is 1. The van der Waals surface area contributed by atoms with Crippen molar-refractivity contribution in [3.63, 3.8) is 0 Å². The quantitative estimate of drug-likeness (QED) is 0.670. The molecule has 4 N–H and O–H groups in total.